The molecule has 1 aliphatic heterocycles. The number of hydrogen-bond donors (Lipinski definition) is 2. The van der Waals surface area contributed by atoms with E-state index >= 15 is 0 Å². The zero-order chi connectivity index (χ0) is 22.2. The van der Waals surface area contributed by atoms with Gasteiger partial charge in [-0.2, -0.15) is 0 Å². The van der Waals surface area contributed by atoms with Crippen LogP contribution in [0.2, 0.25) is 10.0 Å². The molecule has 1 aliphatic rings. The van der Waals surface area contributed by atoms with Crippen LogP contribution in [0.5, 0.6) is 0 Å². The molecule has 2 N–H and O–H groups in total. The Kier molecular flexibility index (Phi) is 6.37. The van der Waals surface area contributed by atoms with E-state index in [1.165, 1.54) is 15.9 Å². The third-order valence-electron chi connectivity index (χ3n) is 5.46. The van der Waals surface area contributed by atoms with Crippen LogP contribution in [0.15, 0.2) is 34.6 Å². The second-order valence-electron chi connectivity index (χ2n) is 7.39. The third kappa shape index (κ3) is 3.99. The molecule has 2 atom stereocenters. The second-order valence-corrected chi connectivity index (χ2v) is 9.13. The number of nitrogens with one attached hydrogen (secondary N) is 2. The SMILES string of the molecule is CCO[C@H]1CNC[C@]1(Nc1c(C)nc(-c2ccc(Cl)cc2Cl)n(C)c1=O)c1nccs1. The predicted molar refractivity (Wildman–Crippen MR) is 125 cm³/mol. The van der Waals surface area contributed by atoms with Gasteiger partial charge in [-0.1, -0.05) is 23.2 Å². The summed E-state index contributed by atoms with van der Waals surface area (Å²) in [4.78, 5) is 22.7. The summed E-state index contributed by atoms with van der Waals surface area (Å²) in [7, 11) is 1.68. The summed E-state index contributed by atoms with van der Waals surface area (Å²) in [6, 6.07) is 5.13. The van der Waals surface area contributed by atoms with Gasteiger partial charge in [0.2, 0.25) is 0 Å². The molecule has 3 heterocycles. The molecule has 7 nitrogen and oxygen atoms in total. The second kappa shape index (κ2) is 8.88. The fraction of sp³-hybridized carbons (Fsp3) is 0.381. The van der Waals surface area contributed by atoms with Gasteiger partial charge in [0.1, 0.15) is 28.2 Å². The third-order valence-corrected chi connectivity index (χ3v) is 6.96. The van der Waals surface area contributed by atoms with E-state index in [1.807, 2.05) is 19.2 Å². The Morgan fingerprint density at radius 1 is 1.42 bits per heavy atom. The fourth-order valence-corrected chi connectivity index (χ4v) is 5.24. The number of thiazole rings is 1. The van der Waals surface area contributed by atoms with E-state index in [9.17, 15) is 4.79 Å². The normalized spacial score (nSPS) is 20.9. The summed E-state index contributed by atoms with van der Waals surface area (Å²) in [5.41, 5.74) is 0.765. The number of hydrogen-bond acceptors (Lipinski definition) is 7. The van der Waals surface area contributed by atoms with E-state index in [1.54, 1.807) is 31.4 Å². The number of halogens is 2. The minimum Gasteiger partial charge on any atom is -0.374 e. The molecule has 1 fully saturated rings. The number of benzene rings is 1. The van der Waals surface area contributed by atoms with Crippen molar-refractivity contribution in [2.75, 3.05) is 25.0 Å². The Bertz CT molecular complexity index is 1150. The summed E-state index contributed by atoms with van der Waals surface area (Å²) < 4.78 is 7.53. The molecule has 4 rings (SSSR count). The molecule has 31 heavy (non-hydrogen) atoms. The molecular weight excluding hydrogens is 457 g/mol. The average Bonchev–Trinajstić information content (AvgIpc) is 3.40. The van der Waals surface area contributed by atoms with Crippen LogP contribution in [0, 0.1) is 6.92 Å². The first-order valence-corrected chi connectivity index (χ1v) is 11.5. The average molecular weight is 480 g/mol. The molecule has 1 saturated heterocycles. The zero-order valence-corrected chi connectivity index (χ0v) is 19.7. The highest BCUT2D eigenvalue weighted by molar-refractivity contribution is 7.09. The van der Waals surface area contributed by atoms with Gasteiger partial charge < -0.3 is 15.4 Å². The molecule has 3 aromatic rings. The first-order valence-electron chi connectivity index (χ1n) is 9.91. The van der Waals surface area contributed by atoms with E-state index in [2.05, 4.69) is 15.6 Å². The van der Waals surface area contributed by atoms with Crippen molar-refractivity contribution >= 4 is 40.2 Å². The van der Waals surface area contributed by atoms with Crippen LogP contribution in [0.3, 0.4) is 0 Å². The van der Waals surface area contributed by atoms with Gasteiger partial charge in [0, 0.05) is 48.9 Å². The molecule has 0 bridgehead atoms. The minimum atomic E-state index is -0.664. The maximum atomic E-state index is 13.4. The van der Waals surface area contributed by atoms with Crippen molar-refractivity contribution in [2.45, 2.75) is 25.5 Å². The van der Waals surface area contributed by atoms with Gasteiger partial charge in [0.25, 0.3) is 5.56 Å². The van der Waals surface area contributed by atoms with Gasteiger partial charge in [0.15, 0.2) is 0 Å². The van der Waals surface area contributed by atoms with Crippen molar-refractivity contribution in [3.05, 3.63) is 60.9 Å². The number of aryl methyl sites for hydroxylation is 1. The first kappa shape index (κ1) is 22.2. The van der Waals surface area contributed by atoms with Crippen molar-refractivity contribution in [3.63, 3.8) is 0 Å². The molecule has 0 spiro atoms. The van der Waals surface area contributed by atoms with E-state index in [-0.39, 0.29) is 11.7 Å². The highest BCUT2D eigenvalue weighted by Gasteiger charge is 2.48. The molecule has 0 unspecified atom stereocenters. The van der Waals surface area contributed by atoms with Gasteiger partial charge in [-0.25, -0.2) is 9.97 Å². The smallest absolute Gasteiger partial charge is 0.277 e. The molecular formula is C21H23Cl2N5O2S. The lowest BCUT2D eigenvalue weighted by Crippen LogP contribution is -2.49. The quantitative estimate of drug-likeness (QED) is 0.558. The number of anilines is 1. The summed E-state index contributed by atoms with van der Waals surface area (Å²) in [6.45, 7) is 5.57. The van der Waals surface area contributed by atoms with Gasteiger partial charge >= 0.3 is 0 Å². The van der Waals surface area contributed by atoms with Gasteiger partial charge in [0.05, 0.1) is 10.7 Å². The molecule has 0 saturated carbocycles. The maximum Gasteiger partial charge on any atom is 0.277 e. The van der Waals surface area contributed by atoms with Crippen molar-refractivity contribution in [1.29, 1.82) is 0 Å². The Morgan fingerprint density at radius 2 is 2.23 bits per heavy atom. The lowest BCUT2D eigenvalue weighted by Gasteiger charge is -2.34. The van der Waals surface area contributed by atoms with Crippen molar-refractivity contribution in [2.24, 2.45) is 7.05 Å². The van der Waals surface area contributed by atoms with Gasteiger partial charge in [-0.3, -0.25) is 9.36 Å². The number of rotatable bonds is 6. The zero-order valence-electron chi connectivity index (χ0n) is 17.4. The summed E-state index contributed by atoms with van der Waals surface area (Å²) in [5, 5.41) is 10.6. The highest BCUT2D eigenvalue weighted by atomic mass is 35.5. The van der Waals surface area contributed by atoms with Crippen LogP contribution < -0.4 is 16.2 Å². The Balaban J connectivity index is 1.81. The number of ether oxygens (including phenoxy) is 1. The lowest BCUT2D eigenvalue weighted by atomic mass is 9.95. The van der Waals surface area contributed by atoms with Crippen LogP contribution in [-0.4, -0.2) is 40.3 Å². The van der Waals surface area contributed by atoms with Crippen LogP contribution in [0.25, 0.3) is 11.4 Å². The van der Waals surface area contributed by atoms with Crippen LogP contribution in [-0.2, 0) is 17.3 Å². The first-order chi connectivity index (χ1) is 14.9. The summed E-state index contributed by atoms with van der Waals surface area (Å²) in [6.07, 6.45) is 1.58. The van der Waals surface area contributed by atoms with Crippen LogP contribution in [0.1, 0.15) is 17.6 Å². The van der Waals surface area contributed by atoms with Crippen LogP contribution >= 0.6 is 34.5 Å². The van der Waals surface area contributed by atoms with Crippen molar-refractivity contribution < 1.29 is 4.74 Å². The highest BCUT2D eigenvalue weighted by Crippen LogP contribution is 2.36. The van der Waals surface area contributed by atoms with Gasteiger partial charge in [-0.15, -0.1) is 11.3 Å². The van der Waals surface area contributed by atoms with Crippen LogP contribution in [0.4, 0.5) is 5.69 Å². The fourth-order valence-electron chi connectivity index (χ4n) is 3.91. The molecule has 0 radical (unpaired) electrons. The standard InChI is InChI=1S/C21H23Cl2N5O2S/c1-4-30-16-10-24-11-21(16,20-25-7-8-31-20)27-17-12(2)26-18(28(3)19(17)29)14-6-5-13(22)9-15(14)23/h5-9,16,24,27H,4,10-11H2,1-3H3/t16-,21+/m0/s1. The van der Waals surface area contributed by atoms with E-state index in [0.717, 1.165) is 5.01 Å². The molecule has 0 amide bonds. The monoisotopic (exact) mass is 479 g/mol. The molecule has 2 aromatic heterocycles. The molecule has 10 heteroatoms. The van der Waals surface area contributed by atoms with Crippen molar-refractivity contribution in [3.8, 4) is 11.4 Å². The minimum absolute atomic E-state index is 0.182. The Labute approximate surface area is 194 Å². The predicted octanol–water partition coefficient (Wildman–Crippen LogP) is 3.83. The lowest BCUT2D eigenvalue weighted by molar-refractivity contribution is 0.0396. The maximum absolute atomic E-state index is 13.4. The van der Waals surface area contributed by atoms with E-state index in [4.69, 9.17) is 32.9 Å². The van der Waals surface area contributed by atoms with E-state index < -0.39 is 5.54 Å². The topological polar surface area (TPSA) is 81.1 Å². The number of nitrogens with zero attached hydrogens (tertiary/aromatic N) is 3. The largest absolute Gasteiger partial charge is 0.374 e. The van der Waals surface area contributed by atoms with Gasteiger partial charge in [-0.05, 0) is 32.0 Å². The number of aromatic nitrogens is 3. The molecule has 0 aliphatic carbocycles. The van der Waals surface area contributed by atoms with Crippen molar-refractivity contribution in [1.82, 2.24) is 19.9 Å². The summed E-state index contributed by atoms with van der Waals surface area (Å²) in [5.74, 6) is 0.476. The Morgan fingerprint density at radius 3 is 2.90 bits per heavy atom. The molecule has 164 valence electrons. The molecule has 1 aromatic carbocycles. The van der Waals surface area contributed by atoms with E-state index in [0.29, 0.717) is 52.5 Å². The summed E-state index contributed by atoms with van der Waals surface area (Å²) >= 11 is 13.9. The Hall–Kier alpha value is -1.97.